The molecule has 0 spiro atoms. The van der Waals surface area contributed by atoms with Crippen molar-refractivity contribution in [1.29, 1.82) is 0 Å². The highest BCUT2D eigenvalue weighted by Gasteiger charge is 2.25. The predicted molar refractivity (Wildman–Crippen MR) is 133 cm³/mol. The van der Waals surface area contributed by atoms with Crippen molar-refractivity contribution in [3.63, 3.8) is 0 Å². The number of nitrogens with one attached hydrogen (secondary N) is 3. The van der Waals surface area contributed by atoms with Crippen molar-refractivity contribution in [3.05, 3.63) is 87.9 Å². The molecular formula is C25H24ClN3O4S. The third kappa shape index (κ3) is 5.58. The van der Waals surface area contributed by atoms with Crippen LogP contribution < -0.4 is 15.4 Å². The summed E-state index contributed by atoms with van der Waals surface area (Å²) in [6.07, 6.45) is 1.93. The quantitative estimate of drug-likeness (QED) is 0.431. The number of anilines is 2. The molecule has 34 heavy (non-hydrogen) atoms. The molecule has 0 unspecified atom stereocenters. The van der Waals surface area contributed by atoms with E-state index in [0.717, 1.165) is 18.4 Å². The predicted octanol–water partition coefficient (Wildman–Crippen LogP) is 4.90. The number of aryl methyl sites for hydroxylation is 2. The van der Waals surface area contributed by atoms with Crippen LogP contribution in [0.2, 0.25) is 5.02 Å². The minimum atomic E-state index is -3.89. The molecule has 176 valence electrons. The molecule has 3 aromatic rings. The molecular weight excluding hydrogens is 474 g/mol. The van der Waals surface area contributed by atoms with Gasteiger partial charge in [-0.15, -0.1) is 0 Å². The van der Waals surface area contributed by atoms with Crippen LogP contribution in [-0.4, -0.2) is 26.3 Å². The summed E-state index contributed by atoms with van der Waals surface area (Å²) in [6, 6.07) is 16.2. The van der Waals surface area contributed by atoms with Crippen LogP contribution in [0.4, 0.5) is 11.4 Å². The van der Waals surface area contributed by atoms with E-state index in [1.54, 1.807) is 49.4 Å². The summed E-state index contributed by atoms with van der Waals surface area (Å²) in [6.45, 7) is 3.63. The van der Waals surface area contributed by atoms with E-state index >= 15 is 0 Å². The molecule has 9 heteroatoms. The van der Waals surface area contributed by atoms with Gasteiger partial charge in [-0.3, -0.25) is 14.3 Å². The van der Waals surface area contributed by atoms with Crippen molar-refractivity contribution in [2.45, 2.75) is 37.6 Å². The minimum Gasteiger partial charge on any atom is -0.349 e. The maximum absolute atomic E-state index is 12.9. The van der Waals surface area contributed by atoms with Gasteiger partial charge in [-0.1, -0.05) is 35.4 Å². The second kappa shape index (κ2) is 9.48. The molecule has 3 aromatic carbocycles. The molecule has 1 saturated carbocycles. The van der Waals surface area contributed by atoms with Crippen molar-refractivity contribution in [2.75, 3.05) is 10.0 Å². The largest absolute Gasteiger partial charge is 0.349 e. The van der Waals surface area contributed by atoms with Crippen molar-refractivity contribution >= 4 is 44.8 Å². The Hall–Kier alpha value is -3.36. The number of hydrogen-bond acceptors (Lipinski definition) is 4. The standard InChI is InChI=1S/C25H24ClN3O4S/c1-15-3-6-18(7-4-15)29-34(32,33)20-11-5-16(2)22(14-20)25(31)28-19-10-12-21(23(26)13-19)24(30)27-17-8-9-17/h3-7,10-14,17,29H,8-9H2,1-2H3,(H,27,30)(H,28,31). The fraction of sp³-hybridized carbons (Fsp3) is 0.200. The minimum absolute atomic E-state index is 0.0334. The highest BCUT2D eigenvalue weighted by atomic mass is 35.5. The van der Waals surface area contributed by atoms with Gasteiger partial charge in [0.1, 0.15) is 0 Å². The number of rotatable bonds is 7. The van der Waals surface area contributed by atoms with Crippen molar-refractivity contribution in [1.82, 2.24) is 5.32 Å². The third-order valence-electron chi connectivity index (χ3n) is 5.45. The lowest BCUT2D eigenvalue weighted by Gasteiger charge is -2.13. The van der Waals surface area contributed by atoms with Crippen LogP contribution in [0.3, 0.4) is 0 Å². The summed E-state index contributed by atoms with van der Waals surface area (Å²) in [7, 11) is -3.89. The van der Waals surface area contributed by atoms with Crippen LogP contribution in [-0.2, 0) is 10.0 Å². The Labute approximate surface area is 203 Å². The monoisotopic (exact) mass is 497 g/mol. The zero-order valence-electron chi connectivity index (χ0n) is 18.7. The van der Waals surface area contributed by atoms with Gasteiger partial charge in [0.25, 0.3) is 21.8 Å². The van der Waals surface area contributed by atoms with Gasteiger partial charge in [-0.2, -0.15) is 0 Å². The highest BCUT2D eigenvalue weighted by molar-refractivity contribution is 7.92. The lowest BCUT2D eigenvalue weighted by molar-refractivity contribution is 0.0950. The first-order valence-electron chi connectivity index (χ1n) is 10.7. The first-order chi connectivity index (χ1) is 16.1. The average molecular weight is 498 g/mol. The van der Waals surface area contributed by atoms with Crippen LogP contribution in [0.25, 0.3) is 0 Å². The maximum atomic E-state index is 12.9. The van der Waals surface area contributed by atoms with Crippen molar-refractivity contribution < 1.29 is 18.0 Å². The SMILES string of the molecule is Cc1ccc(NS(=O)(=O)c2ccc(C)c(C(=O)Nc3ccc(C(=O)NC4CC4)c(Cl)c3)c2)cc1. The van der Waals surface area contributed by atoms with Gasteiger partial charge >= 0.3 is 0 Å². The third-order valence-corrected chi connectivity index (χ3v) is 7.14. The van der Waals surface area contributed by atoms with Gasteiger partial charge in [0.2, 0.25) is 0 Å². The Balaban J connectivity index is 1.52. The number of sulfonamides is 1. The molecule has 0 saturated heterocycles. The van der Waals surface area contributed by atoms with Crippen LogP contribution >= 0.6 is 11.6 Å². The summed E-state index contributed by atoms with van der Waals surface area (Å²) >= 11 is 6.26. The topological polar surface area (TPSA) is 104 Å². The normalized spacial score (nSPS) is 13.3. The second-order valence-corrected chi connectivity index (χ2v) is 10.4. The lowest BCUT2D eigenvalue weighted by Crippen LogP contribution is -2.25. The molecule has 1 aliphatic rings. The van der Waals surface area contributed by atoms with Gasteiger partial charge < -0.3 is 10.6 Å². The number of benzene rings is 3. The smallest absolute Gasteiger partial charge is 0.261 e. The van der Waals surface area contributed by atoms with E-state index in [9.17, 15) is 18.0 Å². The molecule has 7 nitrogen and oxygen atoms in total. The zero-order chi connectivity index (χ0) is 24.5. The van der Waals surface area contributed by atoms with Gasteiger partial charge in [0, 0.05) is 23.0 Å². The Morgan fingerprint density at radius 3 is 2.18 bits per heavy atom. The summed E-state index contributed by atoms with van der Waals surface area (Å²) in [4.78, 5) is 25.2. The Bertz CT molecular complexity index is 1370. The van der Waals surface area contributed by atoms with Crippen LogP contribution in [0.1, 0.15) is 44.7 Å². The Kier molecular flexibility index (Phi) is 6.63. The number of carbonyl (C=O) groups is 2. The summed E-state index contributed by atoms with van der Waals surface area (Å²) in [5.41, 5.74) is 2.98. The average Bonchev–Trinajstić information content (AvgIpc) is 3.59. The first kappa shape index (κ1) is 23.8. The van der Waals surface area contributed by atoms with Crippen molar-refractivity contribution in [2.24, 2.45) is 0 Å². The van der Waals surface area contributed by atoms with Crippen LogP contribution in [0.15, 0.2) is 65.6 Å². The first-order valence-corrected chi connectivity index (χ1v) is 12.6. The van der Waals surface area contributed by atoms with E-state index in [4.69, 9.17) is 11.6 Å². The van der Waals surface area contributed by atoms with Gasteiger partial charge in [0.15, 0.2) is 0 Å². The molecule has 4 rings (SSSR count). The molecule has 0 radical (unpaired) electrons. The molecule has 3 N–H and O–H groups in total. The van der Waals surface area contributed by atoms with Gasteiger partial charge in [-0.05, 0) is 74.7 Å². The molecule has 1 fully saturated rings. The molecule has 1 aliphatic carbocycles. The van der Waals surface area contributed by atoms with Crippen molar-refractivity contribution in [3.8, 4) is 0 Å². The molecule has 2 amide bonds. The van der Waals surface area contributed by atoms with E-state index in [1.165, 1.54) is 18.2 Å². The molecule has 0 atom stereocenters. The Morgan fingerprint density at radius 1 is 0.853 bits per heavy atom. The van der Waals surface area contributed by atoms with Crippen LogP contribution in [0, 0.1) is 13.8 Å². The number of carbonyl (C=O) groups excluding carboxylic acids is 2. The highest BCUT2D eigenvalue weighted by Crippen LogP contribution is 2.25. The van der Waals surface area contributed by atoms with E-state index < -0.39 is 15.9 Å². The second-order valence-electron chi connectivity index (χ2n) is 8.34. The molecule has 0 aromatic heterocycles. The molecule has 0 bridgehead atoms. The van der Waals surface area contributed by atoms with Gasteiger partial charge in [-0.25, -0.2) is 8.42 Å². The fourth-order valence-electron chi connectivity index (χ4n) is 3.31. The lowest BCUT2D eigenvalue weighted by atomic mass is 10.1. The summed E-state index contributed by atoms with van der Waals surface area (Å²) in [5, 5.41) is 5.81. The number of halogens is 1. The summed E-state index contributed by atoms with van der Waals surface area (Å²) < 4.78 is 28.2. The van der Waals surface area contributed by atoms with Gasteiger partial charge in [0.05, 0.1) is 15.5 Å². The van der Waals surface area contributed by atoms with Crippen LogP contribution in [0.5, 0.6) is 0 Å². The Morgan fingerprint density at radius 2 is 1.53 bits per heavy atom. The fourth-order valence-corrected chi connectivity index (χ4v) is 4.67. The van der Waals surface area contributed by atoms with E-state index in [-0.39, 0.29) is 27.4 Å². The van der Waals surface area contributed by atoms with E-state index in [0.29, 0.717) is 22.5 Å². The number of amides is 2. The van der Waals surface area contributed by atoms with E-state index in [2.05, 4.69) is 15.4 Å². The number of hydrogen-bond donors (Lipinski definition) is 3. The molecule has 0 aliphatic heterocycles. The van der Waals surface area contributed by atoms with E-state index in [1.807, 2.05) is 6.92 Å². The maximum Gasteiger partial charge on any atom is 0.261 e. The molecule has 0 heterocycles. The zero-order valence-corrected chi connectivity index (χ0v) is 20.3. The summed E-state index contributed by atoms with van der Waals surface area (Å²) in [5.74, 6) is -0.740.